The minimum atomic E-state index is 0.358. The van der Waals surface area contributed by atoms with Crippen LogP contribution in [0.1, 0.15) is 19.8 Å². The van der Waals surface area contributed by atoms with Gasteiger partial charge in [0.1, 0.15) is 5.82 Å². The maximum Gasteiger partial charge on any atom is 0.123 e. The zero-order valence-corrected chi connectivity index (χ0v) is 9.72. The Balaban J connectivity index is 2.01. The van der Waals surface area contributed by atoms with Crippen LogP contribution in [0.2, 0.25) is 0 Å². The van der Waals surface area contributed by atoms with Crippen LogP contribution in [-0.4, -0.2) is 30.8 Å². The van der Waals surface area contributed by atoms with Crippen LogP contribution < -0.4 is 10.6 Å². The van der Waals surface area contributed by atoms with E-state index < -0.39 is 0 Å². The Morgan fingerprint density at radius 2 is 2.44 bits per heavy atom. The fourth-order valence-electron chi connectivity index (χ4n) is 2.13. The molecule has 2 N–H and O–H groups in total. The number of nitrogen functional groups attached to an aromatic ring is 1. The van der Waals surface area contributed by atoms with Crippen LogP contribution in [0.5, 0.6) is 0 Å². The van der Waals surface area contributed by atoms with Crippen molar-refractivity contribution in [3.63, 3.8) is 0 Å². The van der Waals surface area contributed by atoms with Gasteiger partial charge in [0.2, 0.25) is 0 Å². The van der Waals surface area contributed by atoms with Crippen LogP contribution in [0.15, 0.2) is 18.3 Å². The van der Waals surface area contributed by atoms with Gasteiger partial charge in [0, 0.05) is 19.7 Å². The molecule has 16 heavy (non-hydrogen) atoms. The molecule has 2 rings (SSSR count). The molecule has 1 aromatic heterocycles. The van der Waals surface area contributed by atoms with Gasteiger partial charge in [-0.15, -0.1) is 0 Å². The first-order valence-corrected chi connectivity index (χ1v) is 5.87. The van der Waals surface area contributed by atoms with Crippen LogP contribution in [0, 0.1) is 0 Å². The molecule has 0 saturated carbocycles. The molecule has 0 aromatic carbocycles. The lowest BCUT2D eigenvalue weighted by molar-refractivity contribution is 0.0526. The van der Waals surface area contributed by atoms with Gasteiger partial charge in [0.25, 0.3) is 0 Å². The number of nitrogens with zero attached hydrogens (tertiary/aromatic N) is 2. The molecule has 1 aromatic rings. The first-order valence-electron chi connectivity index (χ1n) is 5.87. The number of nitrogens with two attached hydrogens (primary N) is 1. The summed E-state index contributed by atoms with van der Waals surface area (Å²) < 4.78 is 5.67. The fourth-order valence-corrected chi connectivity index (χ4v) is 2.13. The van der Waals surface area contributed by atoms with E-state index >= 15 is 0 Å². The van der Waals surface area contributed by atoms with Gasteiger partial charge in [-0.05, 0) is 31.9 Å². The molecule has 1 saturated heterocycles. The third-order valence-electron chi connectivity index (χ3n) is 2.92. The second-order valence-electron chi connectivity index (χ2n) is 4.11. The number of rotatable bonds is 3. The third kappa shape index (κ3) is 2.64. The summed E-state index contributed by atoms with van der Waals surface area (Å²) in [5.41, 5.74) is 6.71. The van der Waals surface area contributed by atoms with E-state index in [1.165, 1.54) is 6.42 Å². The lowest BCUT2D eigenvalue weighted by Crippen LogP contribution is -2.39. The van der Waals surface area contributed by atoms with Crippen molar-refractivity contribution < 1.29 is 4.74 Å². The predicted molar refractivity (Wildman–Crippen MR) is 65.5 cm³/mol. The Morgan fingerprint density at radius 1 is 1.56 bits per heavy atom. The van der Waals surface area contributed by atoms with Crippen molar-refractivity contribution in [1.82, 2.24) is 4.98 Å². The topological polar surface area (TPSA) is 51.4 Å². The smallest absolute Gasteiger partial charge is 0.123 e. The first kappa shape index (κ1) is 11.2. The molecule has 0 bridgehead atoms. The highest BCUT2D eigenvalue weighted by Crippen LogP contribution is 2.20. The van der Waals surface area contributed by atoms with Crippen molar-refractivity contribution in [3.05, 3.63) is 18.3 Å². The Bertz CT molecular complexity index is 324. The molecule has 0 radical (unpaired) electrons. The second kappa shape index (κ2) is 5.16. The average Bonchev–Trinajstić information content (AvgIpc) is 2.31. The number of pyridine rings is 1. The maximum atomic E-state index is 5.67. The molecule has 0 spiro atoms. The highest BCUT2D eigenvalue weighted by molar-refractivity contribution is 5.48. The number of anilines is 2. The minimum absolute atomic E-state index is 0.358. The Hall–Kier alpha value is -1.29. The SMILES string of the molecule is CCOC1CCCN(c2ccc(N)nc2)C1. The largest absolute Gasteiger partial charge is 0.384 e. The van der Waals surface area contributed by atoms with E-state index in [4.69, 9.17) is 10.5 Å². The number of hydrogen-bond acceptors (Lipinski definition) is 4. The third-order valence-corrected chi connectivity index (χ3v) is 2.92. The van der Waals surface area contributed by atoms with E-state index in [9.17, 15) is 0 Å². The molecule has 1 unspecified atom stereocenters. The summed E-state index contributed by atoms with van der Waals surface area (Å²) in [4.78, 5) is 6.44. The molecule has 0 amide bonds. The quantitative estimate of drug-likeness (QED) is 0.843. The summed E-state index contributed by atoms with van der Waals surface area (Å²) in [7, 11) is 0. The van der Waals surface area contributed by atoms with E-state index in [1.807, 2.05) is 25.3 Å². The molecule has 1 aliphatic heterocycles. The van der Waals surface area contributed by atoms with Crippen molar-refractivity contribution in [3.8, 4) is 0 Å². The first-order chi connectivity index (χ1) is 7.79. The van der Waals surface area contributed by atoms with Crippen molar-refractivity contribution in [1.29, 1.82) is 0 Å². The van der Waals surface area contributed by atoms with Gasteiger partial charge in [0.05, 0.1) is 18.0 Å². The molecule has 0 aliphatic carbocycles. The monoisotopic (exact) mass is 221 g/mol. The number of ether oxygens (including phenoxy) is 1. The zero-order valence-electron chi connectivity index (χ0n) is 9.72. The lowest BCUT2D eigenvalue weighted by atomic mass is 10.1. The molecule has 2 heterocycles. The van der Waals surface area contributed by atoms with E-state index in [1.54, 1.807) is 0 Å². The van der Waals surface area contributed by atoms with Crippen molar-refractivity contribution in [2.45, 2.75) is 25.9 Å². The second-order valence-corrected chi connectivity index (χ2v) is 4.11. The Kier molecular flexibility index (Phi) is 3.62. The molecule has 1 fully saturated rings. The van der Waals surface area contributed by atoms with Crippen molar-refractivity contribution in [2.75, 3.05) is 30.3 Å². The molecular formula is C12H19N3O. The summed E-state index contributed by atoms with van der Waals surface area (Å²) in [6, 6.07) is 3.87. The van der Waals surface area contributed by atoms with E-state index in [0.717, 1.165) is 31.8 Å². The predicted octanol–water partition coefficient (Wildman–Crippen LogP) is 1.67. The van der Waals surface area contributed by atoms with Crippen molar-refractivity contribution in [2.24, 2.45) is 0 Å². The Labute approximate surface area is 96.4 Å². The van der Waals surface area contributed by atoms with Crippen LogP contribution in [0.3, 0.4) is 0 Å². The van der Waals surface area contributed by atoms with Crippen molar-refractivity contribution >= 4 is 11.5 Å². The highest BCUT2D eigenvalue weighted by Gasteiger charge is 2.20. The van der Waals surface area contributed by atoms with Gasteiger partial charge in [-0.1, -0.05) is 0 Å². The molecule has 4 heteroatoms. The molecular weight excluding hydrogens is 202 g/mol. The maximum absolute atomic E-state index is 5.67. The van der Waals surface area contributed by atoms with Gasteiger partial charge in [-0.3, -0.25) is 0 Å². The number of piperidine rings is 1. The lowest BCUT2D eigenvalue weighted by Gasteiger charge is -2.33. The van der Waals surface area contributed by atoms with Gasteiger partial charge in [0.15, 0.2) is 0 Å². The van der Waals surface area contributed by atoms with Gasteiger partial charge in [-0.25, -0.2) is 4.98 Å². The van der Waals surface area contributed by atoms with Gasteiger partial charge < -0.3 is 15.4 Å². The highest BCUT2D eigenvalue weighted by atomic mass is 16.5. The van der Waals surface area contributed by atoms with Crippen LogP contribution in [0.4, 0.5) is 11.5 Å². The number of aromatic nitrogens is 1. The van der Waals surface area contributed by atoms with Gasteiger partial charge in [-0.2, -0.15) is 0 Å². The van der Waals surface area contributed by atoms with E-state index in [-0.39, 0.29) is 0 Å². The molecule has 4 nitrogen and oxygen atoms in total. The summed E-state index contributed by atoms with van der Waals surface area (Å²) in [5.74, 6) is 0.571. The standard InChI is InChI=1S/C12H19N3O/c1-2-16-11-4-3-7-15(9-11)10-5-6-12(13)14-8-10/h5-6,8,11H,2-4,7,9H2,1H3,(H2,13,14). The average molecular weight is 221 g/mol. The van der Waals surface area contributed by atoms with E-state index in [0.29, 0.717) is 11.9 Å². The minimum Gasteiger partial charge on any atom is -0.384 e. The molecule has 88 valence electrons. The summed E-state index contributed by atoms with van der Waals surface area (Å²) in [5, 5.41) is 0. The number of hydrogen-bond donors (Lipinski definition) is 1. The summed E-state index contributed by atoms with van der Waals surface area (Å²) >= 11 is 0. The van der Waals surface area contributed by atoms with Crippen LogP contribution in [0.25, 0.3) is 0 Å². The van der Waals surface area contributed by atoms with E-state index in [2.05, 4.69) is 9.88 Å². The molecule has 1 atom stereocenters. The zero-order chi connectivity index (χ0) is 11.4. The van der Waals surface area contributed by atoms with Crippen LogP contribution >= 0.6 is 0 Å². The fraction of sp³-hybridized carbons (Fsp3) is 0.583. The summed E-state index contributed by atoms with van der Waals surface area (Å²) in [6.07, 6.45) is 4.53. The molecule has 1 aliphatic rings. The van der Waals surface area contributed by atoms with Crippen LogP contribution in [-0.2, 0) is 4.74 Å². The normalized spacial score (nSPS) is 21.1. The summed E-state index contributed by atoms with van der Waals surface area (Å²) in [6.45, 7) is 4.87. The van der Waals surface area contributed by atoms with Gasteiger partial charge >= 0.3 is 0 Å². The Morgan fingerprint density at radius 3 is 3.12 bits per heavy atom.